The van der Waals surface area contributed by atoms with Crippen LogP contribution in [-0.2, 0) is 0 Å². The molecule has 0 saturated heterocycles. The van der Waals surface area contributed by atoms with Gasteiger partial charge in [-0.05, 0) is 73.6 Å². The third-order valence-electron chi connectivity index (χ3n) is 4.06. The number of rotatable bonds is 1. The zero-order valence-corrected chi connectivity index (χ0v) is 21.4. The minimum atomic E-state index is 1.33. The maximum absolute atomic E-state index is 2.23. The molecule has 0 N–H and O–H groups in total. The van der Waals surface area contributed by atoms with Crippen LogP contribution in [0.3, 0.4) is 0 Å². The van der Waals surface area contributed by atoms with Crippen molar-refractivity contribution in [3.63, 3.8) is 0 Å². The van der Waals surface area contributed by atoms with Crippen LogP contribution in [0.5, 0.6) is 0 Å². The van der Waals surface area contributed by atoms with E-state index in [2.05, 4.69) is 65.0 Å². The molecule has 158 valence electrons. The van der Waals surface area contributed by atoms with Crippen LogP contribution < -0.4 is 0 Å². The summed E-state index contributed by atoms with van der Waals surface area (Å²) in [6.45, 7) is 31.1. The van der Waals surface area contributed by atoms with Gasteiger partial charge in [0.25, 0.3) is 0 Å². The van der Waals surface area contributed by atoms with Crippen LogP contribution in [0.2, 0.25) is 0 Å². The number of hydrogen-bond donors (Lipinski definition) is 0. The summed E-state index contributed by atoms with van der Waals surface area (Å²) >= 11 is 0. The predicted octanol–water partition coefficient (Wildman–Crippen LogP) is 10.0. The van der Waals surface area contributed by atoms with Crippen molar-refractivity contribution in [1.29, 1.82) is 0 Å². The first-order valence-electron chi connectivity index (χ1n) is 11.2. The van der Waals surface area contributed by atoms with Gasteiger partial charge in [0.05, 0.1) is 0 Å². The molecule has 27 heavy (non-hydrogen) atoms. The summed E-state index contributed by atoms with van der Waals surface area (Å²) in [6.07, 6.45) is 0. The summed E-state index contributed by atoms with van der Waals surface area (Å²) in [5, 5.41) is 0. The van der Waals surface area contributed by atoms with Crippen molar-refractivity contribution >= 4 is 0 Å². The van der Waals surface area contributed by atoms with Gasteiger partial charge < -0.3 is 0 Å². The third kappa shape index (κ3) is 10.4. The molecule has 0 spiro atoms. The zero-order valence-electron chi connectivity index (χ0n) is 21.4. The molecule has 0 heteroatoms. The Morgan fingerprint density at radius 1 is 0.370 bits per heavy atom. The Labute approximate surface area is 173 Å². The first-order valence-corrected chi connectivity index (χ1v) is 11.2. The molecule has 0 amide bonds. The van der Waals surface area contributed by atoms with E-state index in [1.54, 1.807) is 0 Å². The van der Waals surface area contributed by atoms with E-state index in [1.807, 2.05) is 69.2 Å². The van der Waals surface area contributed by atoms with E-state index in [-0.39, 0.29) is 0 Å². The van der Waals surface area contributed by atoms with Crippen molar-refractivity contribution < 1.29 is 0 Å². The van der Waals surface area contributed by atoms with Crippen molar-refractivity contribution in [1.82, 2.24) is 0 Å². The molecule has 2 rings (SSSR count). The van der Waals surface area contributed by atoms with E-state index < -0.39 is 0 Å². The molecule has 0 fully saturated rings. The lowest BCUT2D eigenvalue weighted by Gasteiger charge is -2.18. The van der Waals surface area contributed by atoms with Gasteiger partial charge in [-0.1, -0.05) is 99.6 Å². The second-order valence-corrected chi connectivity index (χ2v) is 4.87. The molecule has 0 atom stereocenters. The molecule has 0 radical (unpaired) electrons. The summed E-state index contributed by atoms with van der Waals surface area (Å²) in [4.78, 5) is 0. The molecule has 2 aromatic carbocycles. The van der Waals surface area contributed by atoms with Crippen LogP contribution >= 0.6 is 0 Å². The second kappa shape index (κ2) is 22.5. The zero-order chi connectivity index (χ0) is 22.6. The molecule has 0 aliphatic rings. The standard InChI is InChI=1S/C17H20.5C2H6/c1-11-12(2)14(4)17(15(5)13(11)3)16-9-7-6-8-10-16;5*1-2/h6-10H,1-5H3;5*1-2H3. The van der Waals surface area contributed by atoms with Crippen molar-refractivity contribution in [2.45, 2.75) is 104 Å². The highest BCUT2D eigenvalue weighted by molar-refractivity contribution is 5.74. The van der Waals surface area contributed by atoms with Crippen LogP contribution in [0, 0.1) is 34.6 Å². The highest BCUT2D eigenvalue weighted by Crippen LogP contribution is 2.33. The highest BCUT2D eigenvalue weighted by atomic mass is 14.2. The lowest BCUT2D eigenvalue weighted by atomic mass is 9.86. The van der Waals surface area contributed by atoms with Gasteiger partial charge in [-0.25, -0.2) is 0 Å². The van der Waals surface area contributed by atoms with Crippen molar-refractivity contribution in [2.24, 2.45) is 0 Å². The van der Waals surface area contributed by atoms with Gasteiger partial charge in [0, 0.05) is 0 Å². The maximum Gasteiger partial charge on any atom is -0.0120 e. The van der Waals surface area contributed by atoms with E-state index in [9.17, 15) is 0 Å². The normalized spacial score (nSPS) is 7.81. The van der Waals surface area contributed by atoms with E-state index >= 15 is 0 Å². The van der Waals surface area contributed by atoms with Gasteiger partial charge in [-0.15, -0.1) is 0 Å². The second-order valence-electron chi connectivity index (χ2n) is 4.87. The van der Waals surface area contributed by atoms with Gasteiger partial charge in [0.15, 0.2) is 0 Å². The van der Waals surface area contributed by atoms with Gasteiger partial charge in [0.1, 0.15) is 0 Å². The van der Waals surface area contributed by atoms with Crippen molar-refractivity contribution in [3.8, 4) is 11.1 Å². The number of benzene rings is 2. The Morgan fingerprint density at radius 2 is 0.630 bits per heavy atom. The monoisotopic (exact) mass is 374 g/mol. The maximum atomic E-state index is 2.23. The molecule has 2 aromatic rings. The van der Waals surface area contributed by atoms with E-state index in [1.165, 1.54) is 38.9 Å². The van der Waals surface area contributed by atoms with E-state index in [0.29, 0.717) is 0 Å². The van der Waals surface area contributed by atoms with E-state index in [4.69, 9.17) is 0 Å². The molecule has 0 heterocycles. The molecule has 0 bridgehead atoms. The SMILES string of the molecule is CC.CC.CC.CC.CC.Cc1c(C)c(C)c(-c2ccccc2)c(C)c1C. The molecule has 0 unspecified atom stereocenters. The summed E-state index contributed by atoms with van der Waals surface area (Å²) < 4.78 is 0. The summed E-state index contributed by atoms with van der Waals surface area (Å²) in [5.41, 5.74) is 9.84. The summed E-state index contributed by atoms with van der Waals surface area (Å²) in [5.74, 6) is 0. The Bertz CT molecular complexity index is 519. The predicted molar refractivity (Wildman–Crippen MR) is 132 cm³/mol. The van der Waals surface area contributed by atoms with Gasteiger partial charge in [-0.3, -0.25) is 0 Å². The molecule has 0 nitrogen and oxygen atoms in total. The molecule has 0 aliphatic carbocycles. The molecular weight excluding hydrogens is 324 g/mol. The van der Waals surface area contributed by atoms with Crippen molar-refractivity contribution in [3.05, 3.63) is 58.1 Å². The highest BCUT2D eigenvalue weighted by Gasteiger charge is 2.12. The van der Waals surface area contributed by atoms with Crippen LogP contribution in [0.1, 0.15) is 97.1 Å². The quantitative estimate of drug-likeness (QED) is 0.465. The van der Waals surface area contributed by atoms with Gasteiger partial charge >= 0.3 is 0 Å². The smallest absolute Gasteiger partial charge is 0.0120 e. The lowest BCUT2D eigenvalue weighted by Crippen LogP contribution is -1.99. The fourth-order valence-corrected chi connectivity index (χ4v) is 2.54. The summed E-state index contributed by atoms with van der Waals surface area (Å²) in [6, 6.07) is 10.7. The first kappa shape index (κ1) is 33.1. The molecular formula is C27H50. The fourth-order valence-electron chi connectivity index (χ4n) is 2.54. The van der Waals surface area contributed by atoms with Crippen molar-refractivity contribution in [2.75, 3.05) is 0 Å². The fraction of sp³-hybridized carbons (Fsp3) is 0.556. The van der Waals surface area contributed by atoms with Gasteiger partial charge in [0.2, 0.25) is 0 Å². The summed E-state index contributed by atoms with van der Waals surface area (Å²) in [7, 11) is 0. The largest absolute Gasteiger partial charge is 0.0683 e. The average Bonchev–Trinajstić information content (AvgIpc) is 2.79. The molecule has 0 saturated carbocycles. The minimum absolute atomic E-state index is 1.33. The average molecular weight is 375 g/mol. The Hall–Kier alpha value is -1.56. The van der Waals surface area contributed by atoms with Crippen LogP contribution in [0.15, 0.2) is 30.3 Å². The molecule has 0 aliphatic heterocycles. The minimum Gasteiger partial charge on any atom is -0.0683 e. The Balaban J connectivity index is -0.000000230. The van der Waals surface area contributed by atoms with E-state index in [0.717, 1.165) is 0 Å². The van der Waals surface area contributed by atoms with Gasteiger partial charge in [-0.2, -0.15) is 0 Å². The molecule has 0 aromatic heterocycles. The van der Waals surface area contributed by atoms with Crippen LogP contribution in [0.25, 0.3) is 11.1 Å². The third-order valence-corrected chi connectivity index (χ3v) is 4.06. The number of hydrogen-bond acceptors (Lipinski definition) is 0. The Kier molecular flexibility index (Phi) is 27.5. The lowest BCUT2D eigenvalue weighted by molar-refractivity contribution is 1.18. The Morgan fingerprint density at radius 3 is 0.926 bits per heavy atom. The first-order chi connectivity index (χ1) is 13.0. The topological polar surface area (TPSA) is 0 Å². The van der Waals surface area contributed by atoms with Crippen LogP contribution in [-0.4, -0.2) is 0 Å². The van der Waals surface area contributed by atoms with Crippen LogP contribution in [0.4, 0.5) is 0 Å².